The molecule has 0 aliphatic heterocycles. The summed E-state index contributed by atoms with van der Waals surface area (Å²) in [6.07, 6.45) is 0.301. The second-order valence-corrected chi connectivity index (χ2v) is 4.87. The zero-order valence-electron chi connectivity index (χ0n) is 9.34. The molecule has 2 aromatic rings. The molecule has 2 aromatic carbocycles. The van der Waals surface area contributed by atoms with Gasteiger partial charge in [-0.15, -0.1) is 11.6 Å². The Hall–Kier alpha value is -1.12. The van der Waals surface area contributed by atoms with Gasteiger partial charge in [0, 0.05) is 0 Å². The van der Waals surface area contributed by atoms with Crippen molar-refractivity contribution in [1.82, 2.24) is 0 Å². The highest BCUT2D eigenvalue weighted by Gasteiger charge is 2.13. The van der Waals surface area contributed by atoms with Crippen molar-refractivity contribution in [3.05, 3.63) is 70.2 Å². The highest BCUT2D eigenvalue weighted by Crippen LogP contribution is 2.28. The molecule has 0 N–H and O–H groups in total. The van der Waals surface area contributed by atoms with Crippen LogP contribution >= 0.6 is 23.2 Å². The third kappa shape index (κ3) is 3.01. The monoisotopic (exact) mass is 286 g/mol. The predicted molar refractivity (Wildman–Crippen MR) is 70.1 cm³/mol. The Morgan fingerprint density at radius 2 is 1.72 bits per heavy atom. The maximum atomic E-state index is 13.5. The SMILES string of the molecule is Fc1cc(C(Cl)Cc2ccccc2F)ccc1Cl. The van der Waals surface area contributed by atoms with E-state index in [4.69, 9.17) is 23.2 Å². The molecule has 0 heterocycles. The molecule has 1 atom stereocenters. The fourth-order valence-corrected chi connectivity index (χ4v) is 2.10. The van der Waals surface area contributed by atoms with Gasteiger partial charge in [0.1, 0.15) is 11.6 Å². The lowest BCUT2D eigenvalue weighted by Gasteiger charge is -2.11. The number of halogens is 4. The fourth-order valence-electron chi connectivity index (χ4n) is 1.68. The van der Waals surface area contributed by atoms with Crippen LogP contribution in [0, 0.1) is 11.6 Å². The second kappa shape index (κ2) is 5.68. The summed E-state index contributed by atoms with van der Waals surface area (Å²) in [5.74, 6) is -0.828. The van der Waals surface area contributed by atoms with Gasteiger partial charge in [0.25, 0.3) is 0 Å². The smallest absolute Gasteiger partial charge is 0.142 e. The second-order valence-electron chi connectivity index (χ2n) is 3.94. The van der Waals surface area contributed by atoms with Gasteiger partial charge in [-0.25, -0.2) is 8.78 Å². The Bertz CT molecular complexity index is 555. The number of rotatable bonds is 3. The topological polar surface area (TPSA) is 0 Å². The first kappa shape index (κ1) is 13.3. The maximum Gasteiger partial charge on any atom is 0.142 e. The quantitative estimate of drug-likeness (QED) is 0.685. The maximum absolute atomic E-state index is 13.5. The lowest BCUT2D eigenvalue weighted by Crippen LogP contribution is -1.99. The van der Waals surface area contributed by atoms with E-state index in [-0.39, 0.29) is 10.8 Å². The van der Waals surface area contributed by atoms with Crippen molar-refractivity contribution >= 4 is 23.2 Å². The molecule has 0 bridgehead atoms. The van der Waals surface area contributed by atoms with Gasteiger partial charge in [0.05, 0.1) is 10.4 Å². The van der Waals surface area contributed by atoms with Crippen LogP contribution in [-0.4, -0.2) is 0 Å². The minimum atomic E-state index is -0.520. The number of hydrogen-bond acceptors (Lipinski definition) is 0. The van der Waals surface area contributed by atoms with Crippen molar-refractivity contribution in [2.45, 2.75) is 11.8 Å². The van der Waals surface area contributed by atoms with E-state index in [1.165, 1.54) is 18.2 Å². The van der Waals surface area contributed by atoms with E-state index in [0.717, 1.165) is 0 Å². The van der Waals surface area contributed by atoms with E-state index in [9.17, 15) is 8.78 Å². The Morgan fingerprint density at radius 3 is 2.39 bits per heavy atom. The molecule has 0 amide bonds. The van der Waals surface area contributed by atoms with Crippen LogP contribution in [0.1, 0.15) is 16.5 Å². The molecule has 0 saturated heterocycles. The summed E-state index contributed by atoms with van der Waals surface area (Å²) in [5, 5.41) is -0.442. The zero-order chi connectivity index (χ0) is 13.1. The van der Waals surface area contributed by atoms with Crippen LogP contribution in [0.2, 0.25) is 5.02 Å². The van der Waals surface area contributed by atoms with Gasteiger partial charge in [-0.3, -0.25) is 0 Å². The average molecular weight is 287 g/mol. The van der Waals surface area contributed by atoms with Gasteiger partial charge in [-0.05, 0) is 35.7 Å². The Labute approximate surface area is 114 Å². The Balaban J connectivity index is 2.19. The molecule has 0 radical (unpaired) electrons. The lowest BCUT2D eigenvalue weighted by molar-refractivity contribution is 0.606. The molecule has 0 aliphatic rings. The van der Waals surface area contributed by atoms with E-state index >= 15 is 0 Å². The van der Waals surface area contributed by atoms with Crippen molar-refractivity contribution in [2.75, 3.05) is 0 Å². The number of benzene rings is 2. The minimum Gasteiger partial charge on any atom is -0.207 e. The highest BCUT2D eigenvalue weighted by molar-refractivity contribution is 6.30. The van der Waals surface area contributed by atoms with Crippen molar-refractivity contribution in [1.29, 1.82) is 0 Å². The molecule has 18 heavy (non-hydrogen) atoms. The number of alkyl halides is 1. The standard InChI is InChI=1S/C14H10Cl2F2/c15-11-6-5-9(8-14(11)18)12(16)7-10-3-1-2-4-13(10)17/h1-6,8,12H,7H2. The van der Waals surface area contributed by atoms with Crippen molar-refractivity contribution < 1.29 is 8.78 Å². The van der Waals surface area contributed by atoms with Crippen molar-refractivity contribution in [3.63, 3.8) is 0 Å². The summed E-state index contributed by atoms with van der Waals surface area (Å²) in [4.78, 5) is 0. The van der Waals surface area contributed by atoms with Crippen LogP contribution in [0.25, 0.3) is 0 Å². The first-order valence-electron chi connectivity index (χ1n) is 5.40. The van der Waals surface area contributed by atoms with E-state index in [1.54, 1.807) is 24.3 Å². The van der Waals surface area contributed by atoms with Crippen LogP contribution < -0.4 is 0 Å². The largest absolute Gasteiger partial charge is 0.207 e. The summed E-state index contributed by atoms with van der Waals surface area (Å²) in [6.45, 7) is 0. The van der Waals surface area contributed by atoms with E-state index in [1.807, 2.05) is 0 Å². The van der Waals surface area contributed by atoms with Crippen molar-refractivity contribution in [2.24, 2.45) is 0 Å². The van der Waals surface area contributed by atoms with Gasteiger partial charge in [0.15, 0.2) is 0 Å². The highest BCUT2D eigenvalue weighted by atomic mass is 35.5. The summed E-state index contributed by atoms with van der Waals surface area (Å²) >= 11 is 11.8. The molecule has 0 aromatic heterocycles. The predicted octanol–water partition coefficient (Wildman–Crippen LogP) is 5.14. The van der Waals surface area contributed by atoms with Gasteiger partial charge >= 0.3 is 0 Å². The number of hydrogen-bond donors (Lipinski definition) is 0. The molecule has 2 rings (SSSR count). The van der Waals surface area contributed by atoms with Crippen LogP contribution in [0.4, 0.5) is 8.78 Å². The van der Waals surface area contributed by atoms with Crippen LogP contribution in [0.3, 0.4) is 0 Å². The van der Waals surface area contributed by atoms with Gasteiger partial charge in [0.2, 0.25) is 0 Å². The zero-order valence-corrected chi connectivity index (χ0v) is 10.8. The van der Waals surface area contributed by atoms with Crippen LogP contribution in [0.15, 0.2) is 42.5 Å². The molecule has 0 spiro atoms. The minimum absolute atomic E-state index is 0.0495. The normalized spacial score (nSPS) is 12.4. The fraction of sp³-hybridized carbons (Fsp3) is 0.143. The van der Waals surface area contributed by atoms with Gasteiger partial charge < -0.3 is 0 Å². The molecule has 1 unspecified atom stereocenters. The van der Waals surface area contributed by atoms with E-state index in [2.05, 4.69) is 0 Å². The molecule has 4 heteroatoms. The van der Waals surface area contributed by atoms with Crippen molar-refractivity contribution in [3.8, 4) is 0 Å². The molecular weight excluding hydrogens is 277 g/mol. The van der Waals surface area contributed by atoms with Gasteiger partial charge in [-0.2, -0.15) is 0 Å². The van der Waals surface area contributed by atoms with E-state index < -0.39 is 11.2 Å². The first-order valence-corrected chi connectivity index (χ1v) is 6.22. The molecule has 0 fully saturated rings. The summed E-state index contributed by atoms with van der Waals surface area (Å²) < 4.78 is 26.7. The summed E-state index contributed by atoms with van der Waals surface area (Å²) in [5.41, 5.74) is 1.09. The Morgan fingerprint density at radius 1 is 1.00 bits per heavy atom. The third-order valence-electron chi connectivity index (χ3n) is 2.66. The molecule has 94 valence electrons. The molecule has 0 saturated carbocycles. The van der Waals surface area contributed by atoms with Gasteiger partial charge in [-0.1, -0.05) is 35.9 Å². The van der Waals surface area contributed by atoms with E-state index in [0.29, 0.717) is 17.5 Å². The lowest BCUT2D eigenvalue weighted by atomic mass is 10.0. The molecule has 0 aliphatic carbocycles. The summed E-state index contributed by atoms with van der Waals surface area (Å²) in [7, 11) is 0. The molecule has 0 nitrogen and oxygen atoms in total. The van der Waals surface area contributed by atoms with Crippen LogP contribution in [0.5, 0.6) is 0 Å². The van der Waals surface area contributed by atoms with Crippen LogP contribution in [-0.2, 0) is 6.42 Å². The molecular formula is C14H10Cl2F2. The average Bonchev–Trinajstić information content (AvgIpc) is 2.35. The third-order valence-corrected chi connectivity index (χ3v) is 3.38. The summed E-state index contributed by atoms with van der Waals surface area (Å²) in [6, 6.07) is 10.8. The first-order chi connectivity index (χ1) is 8.58. The Kier molecular flexibility index (Phi) is 4.20.